The van der Waals surface area contributed by atoms with Crippen LogP contribution >= 0.6 is 38.9 Å². The highest BCUT2D eigenvalue weighted by molar-refractivity contribution is 9.10. The first-order chi connectivity index (χ1) is 12.6. The molecule has 4 heterocycles. The number of thiophene rings is 1. The van der Waals surface area contributed by atoms with Crippen molar-refractivity contribution in [2.24, 2.45) is 5.73 Å². The summed E-state index contributed by atoms with van der Waals surface area (Å²) in [5.74, 6) is 0.775. The summed E-state index contributed by atoms with van der Waals surface area (Å²) >= 11 is 11.5. The third-order valence-corrected chi connectivity index (χ3v) is 6.40. The van der Waals surface area contributed by atoms with Gasteiger partial charge in [-0.05, 0) is 40.2 Å². The summed E-state index contributed by atoms with van der Waals surface area (Å²) in [7, 11) is 0. The number of nitrogens with zero attached hydrogens (tertiary/aromatic N) is 1. The Bertz CT molecular complexity index is 894. The second kappa shape index (κ2) is 7.86. The monoisotopic (exact) mass is 455 g/mol. The van der Waals surface area contributed by atoms with Gasteiger partial charge < -0.3 is 20.2 Å². The summed E-state index contributed by atoms with van der Waals surface area (Å²) in [6, 6.07) is 5.80. The third-order valence-electron chi connectivity index (χ3n) is 4.52. The van der Waals surface area contributed by atoms with Crippen molar-refractivity contribution in [1.29, 1.82) is 0 Å². The molecule has 138 valence electrons. The highest BCUT2D eigenvalue weighted by atomic mass is 79.9. The summed E-state index contributed by atoms with van der Waals surface area (Å²) < 4.78 is 12.6. The topological polar surface area (TPSA) is 73.3 Å². The molecule has 26 heavy (non-hydrogen) atoms. The number of pyridine rings is 1. The van der Waals surface area contributed by atoms with E-state index in [4.69, 9.17) is 26.5 Å². The molecule has 3 aromatic rings. The van der Waals surface area contributed by atoms with E-state index in [0.29, 0.717) is 29.2 Å². The minimum atomic E-state index is -0.104. The van der Waals surface area contributed by atoms with Gasteiger partial charge in [0.25, 0.3) is 0 Å². The van der Waals surface area contributed by atoms with Crippen LogP contribution < -0.4 is 11.1 Å². The van der Waals surface area contributed by atoms with E-state index in [1.54, 1.807) is 17.4 Å². The van der Waals surface area contributed by atoms with E-state index in [1.165, 1.54) is 4.88 Å². The summed E-state index contributed by atoms with van der Waals surface area (Å²) in [5.41, 5.74) is 8.55. The van der Waals surface area contributed by atoms with Crippen LogP contribution in [0.3, 0.4) is 0 Å². The van der Waals surface area contributed by atoms with E-state index in [0.717, 1.165) is 35.4 Å². The maximum absolute atomic E-state index is 6.33. The Hall–Kier alpha value is -1.12. The van der Waals surface area contributed by atoms with Crippen LogP contribution in [-0.4, -0.2) is 23.7 Å². The Morgan fingerprint density at radius 3 is 3.12 bits per heavy atom. The fourth-order valence-corrected chi connectivity index (χ4v) is 4.55. The average molecular weight is 457 g/mol. The van der Waals surface area contributed by atoms with E-state index in [2.05, 4.69) is 37.7 Å². The van der Waals surface area contributed by atoms with Gasteiger partial charge in [-0.1, -0.05) is 17.7 Å². The largest absolute Gasteiger partial charge is 0.456 e. The van der Waals surface area contributed by atoms with E-state index in [9.17, 15) is 0 Å². The van der Waals surface area contributed by atoms with Crippen molar-refractivity contribution < 1.29 is 9.15 Å². The molecule has 8 heteroatoms. The number of furan rings is 1. The molecule has 1 aliphatic rings. The molecule has 4 rings (SSSR count). The van der Waals surface area contributed by atoms with E-state index < -0.39 is 0 Å². The fourth-order valence-electron chi connectivity index (χ4n) is 3.20. The van der Waals surface area contributed by atoms with Crippen LogP contribution in [0.2, 0.25) is 5.15 Å². The van der Waals surface area contributed by atoms with Crippen molar-refractivity contribution in [2.75, 3.05) is 11.9 Å². The SMILES string of the molecule is N[C@H](Cc1oc2c(NCc3cccs3)cc(Cl)nc2c1Br)[C@@H]1CCCO1. The third kappa shape index (κ3) is 3.77. The van der Waals surface area contributed by atoms with Crippen LogP contribution in [0.4, 0.5) is 5.69 Å². The number of aromatic nitrogens is 1. The lowest BCUT2D eigenvalue weighted by Crippen LogP contribution is -2.36. The predicted octanol–water partition coefficient (Wildman–Crippen LogP) is 4.97. The first-order valence-corrected chi connectivity index (χ1v) is 10.6. The summed E-state index contributed by atoms with van der Waals surface area (Å²) in [5, 5.41) is 5.87. The first-order valence-electron chi connectivity index (χ1n) is 8.52. The van der Waals surface area contributed by atoms with Gasteiger partial charge in [0.15, 0.2) is 5.58 Å². The minimum absolute atomic E-state index is 0.0862. The molecule has 0 saturated carbocycles. The molecule has 0 aliphatic carbocycles. The highest BCUT2D eigenvalue weighted by Gasteiger charge is 2.26. The lowest BCUT2D eigenvalue weighted by Gasteiger charge is -2.17. The van der Waals surface area contributed by atoms with Crippen molar-refractivity contribution in [1.82, 2.24) is 4.98 Å². The number of nitrogens with one attached hydrogen (secondary N) is 1. The number of hydrogen-bond acceptors (Lipinski definition) is 6. The van der Waals surface area contributed by atoms with Crippen molar-refractivity contribution in [3.8, 4) is 0 Å². The number of halogens is 2. The molecule has 0 spiro atoms. The van der Waals surface area contributed by atoms with Crippen LogP contribution in [0.5, 0.6) is 0 Å². The van der Waals surface area contributed by atoms with Gasteiger partial charge >= 0.3 is 0 Å². The molecule has 0 aromatic carbocycles. The predicted molar refractivity (Wildman–Crippen MR) is 109 cm³/mol. The Morgan fingerprint density at radius 1 is 1.50 bits per heavy atom. The van der Waals surface area contributed by atoms with Gasteiger partial charge in [-0.2, -0.15) is 0 Å². The molecular formula is C18H19BrClN3O2S. The molecule has 3 aromatic heterocycles. The molecule has 0 bridgehead atoms. The van der Waals surface area contributed by atoms with Crippen molar-refractivity contribution >= 4 is 55.7 Å². The molecule has 0 amide bonds. The lowest BCUT2D eigenvalue weighted by molar-refractivity contribution is 0.0886. The quantitative estimate of drug-likeness (QED) is 0.513. The molecule has 5 nitrogen and oxygen atoms in total. The molecule has 1 fully saturated rings. The molecule has 1 aliphatic heterocycles. The van der Waals surface area contributed by atoms with Gasteiger partial charge in [-0.15, -0.1) is 11.3 Å². The number of nitrogens with two attached hydrogens (primary N) is 1. The maximum atomic E-state index is 6.33. The van der Waals surface area contributed by atoms with Crippen LogP contribution in [0.25, 0.3) is 11.1 Å². The van der Waals surface area contributed by atoms with E-state index in [1.807, 2.05) is 6.07 Å². The Labute approximate surface area is 169 Å². The second-order valence-electron chi connectivity index (χ2n) is 6.36. The van der Waals surface area contributed by atoms with Crippen molar-refractivity contribution in [3.05, 3.63) is 43.8 Å². The van der Waals surface area contributed by atoms with Gasteiger partial charge in [-0.25, -0.2) is 4.98 Å². The van der Waals surface area contributed by atoms with Crippen LogP contribution in [0, 0.1) is 0 Å². The van der Waals surface area contributed by atoms with Crippen LogP contribution in [0.15, 0.2) is 32.5 Å². The zero-order valence-electron chi connectivity index (χ0n) is 14.0. The Balaban J connectivity index is 1.61. The average Bonchev–Trinajstić information content (AvgIpc) is 3.36. The van der Waals surface area contributed by atoms with Gasteiger partial charge in [0, 0.05) is 36.6 Å². The smallest absolute Gasteiger partial charge is 0.177 e. The van der Waals surface area contributed by atoms with E-state index >= 15 is 0 Å². The Morgan fingerprint density at radius 2 is 2.38 bits per heavy atom. The Kier molecular flexibility index (Phi) is 5.52. The van der Waals surface area contributed by atoms with Gasteiger partial charge in [0.05, 0.1) is 16.3 Å². The number of fused-ring (bicyclic) bond motifs is 1. The molecular weight excluding hydrogens is 438 g/mol. The zero-order valence-corrected chi connectivity index (χ0v) is 17.2. The number of hydrogen-bond donors (Lipinski definition) is 2. The zero-order chi connectivity index (χ0) is 18.1. The highest BCUT2D eigenvalue weighted by Crippen LogP contribution is 2.36. The van der Waals surface area contributed by atoms with Gasteiger partial charge in [0.2, 0.25) is 0 Å². The molecule has 1 saturated heterocycles. The first kappa shape index (κ1) is 18.3. The van der Waals surface area contributed by atoms with Crippen LogP contribution in [0.1, 0.15) is 23.5 Å². The van der Waals surface area contributed by atoms with Gasteiger partial charge in [-0.3, -0.25) is 0 Å². The maximum Gasteiger partial charge on any atom is 0.177 e. The summed E-state index contributed by atoms with van der Waals surface area (Å²) in [4.78, 5) is 5.66. The normalized spacial score (nSPS) is 18.5. The lowest BCUT2D eigenvalue weighted by atomic mass is 10.0. The summed E-state index contributed by atoms with van der Waals surface area (Å²) in [6.07, 6.45) is 2.73. The molecule has 3 N–H and O–H groups in total. The van der Waals surface area contributed by atoms with Crippen LogP contribution in [-0.2, 0) is 17.7 Å². The van der Waals surface area contributed by atoms with Crippen molar-refractivity contribution in [2.45, 2.75) is 38.0 Å². The minimum Gasteiger partial charge on any atom is -0.456 e. The van der Waals surface area contributed by atoms with Crippen molar-refractivity contribution in [3.63, 3.8) is 0 Å². The second-order valence-corrected chi connectivity index (χ2v) is 8.57. The van der Waals surface area contributed by atoms with Gasteiger partial charge in [0.1, 0.15) is 16.4 Å². The number of anilines is 1. The number of rotatable bonds is 6. The molecule has 0 unspecified atom stereocenters. The molecule has 2 atom stereocenters. The van der Waals surface area contributed by atoms with E-state index in [-0.39, 0.29) is 12.1 Å². The standard InChI is InChI=1S/C18H19BrClN3O2S/c19-16-14(7-11(21)13-4-1-5-24-13)25-18-12(8-15(20)23-17(16)18)22-9-10-3-2-6-26-10/h2-3,6,8,11,13H,1,4-5,7,9,21H2,(H,22,23)/t11-,13+/m1/s1. The summed E-state index contributed by atoms with van der Waals surface area (Å²) in [6.45, 7) is 1.49. The number of ether oxygens (including phenoxy) is 1. The molecule has 0 radical (unpaired) electrons. The fraction of sp³-hybridized carbons (Fsp3) is 0.389.